The van der Waals surface area contributed by atoms with E-state index in [0.717, 1.165) is 61.8 Å². The Morgan fingerprint density at radius 2 is 1.58 bits per heavy atom. The number of pyridine rings is 1. The number of rotatable bonds is 15. The number of hydrogen-bond acceptors (Lipinski definition) is 10. The first-order valence-corrected chi connectivity index (χ1v) is 12.4. The predicted molar refractivity (Wildman–Crippen MR) is 147 cm³/mol. The van der Waals surface area contributed by atoms with Crippen LogP contribution in [0.5, 0.6) is 0 Å². The number of halogens is 1. The van der Waals surface area contributed by atoms with Crippen LogP contribution in [0.1, 0.15) is 12.8 Å². The molecule has 0 aliphatic heterocycles. The summed E-state index contributed by atoms with van der Waals surface area (Å²) in [6.45, 7) is 4.94. The first-order valence-electron chi connectivity index (χ1n) is 12.1. The zero-order valence-electron chi connectivity index (χ0n) is 20.5. The summed E-state index contributed by atoms with van der Waals surface area (Å²) in [6, 6.07) is 13.2. The van der Waals surface area contributed by atoms with Crippen molar-refractivity contribution in [3.8, 4) is 11.3 Å². The van der Waals surface area contributed by atoms with Crippen LogP contribution in [0.2, 0.25) is 5.02 Å². The van der Waals surface area contributed by atoms with Crippen molar-refractivity contribution in [2.75, 3.05) is 63.1 Å². The van der Waals surface area contributed by atoms with Gasteiger partial charge in [0.1, 0.15) is 5.82 Å². The van der Waals surface area contributed by atoms with Gasteiger partial charge in [0.25, 0.3) is 0 Å². The highest BCUT2D eigenvalue weighted by Crippen LogP contribution is 2.22. The van der Waals surface area contributed by atoms with E-state index in [1.54, 1.807) is 12.4 Å². The quantitative estimate of drug-likeness (QED) is 0.150. The standard InChI is InChI=1S/C20H23ClN6O.C5H14N2O/c21-16-3-1-4-17(14-16)26-20-25-10-6-18(27-20)15-5-9-24-19(13-15)23-8-2-7-22-11-12-28;6-2-1-3-7-4-5-8/h1,3-6,9-10,13-14,22,28H,2,7-8,11-12H2,(H,23,24)(H,25,26,27);7-8H,1-6H2. The third-order valence-electron chi connectivity index (χ3n) is 4.76. The minimum atomic E-state index is 0.157. The van der Waals surface area contributed by atoms with Gasteiger partial charge in [-0.3, -0.25) is 0 Å². The molecule has 0 saturated carbocycles. The fraction of sp³-hybridized carbons (Fsp3) is 0.400. The number of nitrogens with zero attached hydrogens (tertiary/aromatic N) is 3. The van der Waals surface area contributed by atoms with Crippen molar-refractivity contribution in [3.63, 3.8) is 0 Å². The summed E-state index contributed by atoms with van der Waals surface area (Å²) in [6.07, 6.45) is 5.40. The third kappa shape index (κ3) is 12.2. The van der Waals surface area contributed by atoms with Gasteiger partial charge in [0.05, 0.1) is 18.9 Å². The molecule has 11 heteroatoms. The van der Waals surface area contributed by atoms with Crippen molar-refractivity contribution >= 4 is 29.1 Å². The molecule has 0 unspecified atom stereocenters. The van der Waals surface area contributed by atoms with Gasteiger partial charge in [0.15, 0.2) is 0 Å². The van der Waals surface area contributed by atoms with Crippen LogP contribution >= 0.6 is 11.6 Å². The van der Waals surface area contributed by atoms with E-state index in [2.05, 4.69) is 36.2 Å². The molecule has 0 atom stereocenters. The zero-order chi connectivity index (χ0) is 25.8. The Bertz CT molecular complexity index is 990. The lowest BCUT2D eigenvalue weighted by molar-refractivity contribution is 0.292. The van der Waals surface area contributed by atoms with E-state index in [4.69, 9.17) is 27.5 Å². The molecule has 3 aromatic rings. The van der Waals surface area contributed by atoms with Crippen LogP contribution in [0.4, 0.5) is 17.5 Å². The molecule has 10 nitrogen and oxygen atoms in total. The van der Waals surface area contributed by atoms with Gasteiger partial charge >= 0.3 is 0 Å². The van der Waals surface area contributed by atoms with E-state index in [-0.39, 0.29) is 13.2 Å². The molecule has 2 heterocycles. The molecule has 8 N–H and O–H groups in total. The number of aliphatic hydroxyl groups is 2. The van der Waals surface area contributed by atoms with E-state index in [1.165, 1.54) is 0 Å². The van der Waals surface area contributed by atoms with Crippen molar-refractivity contribution in [3.05, 3.63) is 59.9 Å². The maximum absolute atomic E-state index is 8.74. The van der Waals surface area contributed by atoms with E-state index >= 15 is 0 Å². The monoisotopic (exact) mass is 516 g/mol. The smallest absolute Gasteiger partial charge is 0.227 e. The minimum Gasteiger partial charge on any atom is -0.395 e. The highest BCUT2D eigenvalue weighted by molar-refractivity contribution is 6.30. The Kier molecular flexibility index (Phi) is 15.0. The lowest BCUT2D eigenvalue weighted by Crippen LogP contribution is -2.21. The number of aliphatic hydroxyl groups excluding tert-OH is 2. The van der Waals surface area contributed by atoms with Gasteiger partial charge in [-0.25, -0.2) is 15.0 Å². The van der Waals surface area contributed by atoms with Crippen molar-refractivity contribution in [2.45, 2.75) is 12.8 Å². The van der Waals surface area contributed by atoms with Gasteiger partial charge in [-0.1, -0.05) is 17.7 Å². The molecule has 0 spiro atoms. The average Bonchev–Trinajstić information content (AvgIpc) is 2.89. The van der Waals surface area contributed by atoms with Crippen LogP contribution in [-0.4, -0.2) is 77.6 Å². The fourth-order valence-corrected chi connectivity index (χ4v) is 3.22. The van der Waals surface area contributed by atoms with E-state index in [9.17, 15) is 0 Å². The van der Waals surface area contributed by atoms with Gasteiger partial charge in [-0.15, -0.1) is 0 Å². The Labute approximate surface area is 217 Å². The van der Waals surface area contributed by atoms with Gasteiger partial charge in [-0.2, -0.15) is 0 Å². The molecule has 0 bridgehead atoms. The number of benzene rings is 1. The summed E-state index contributed by atoms with van der Waals surface area (Å²) in [7, 11) is 0. The molecule has 0 saturated heterocycles. The second kappa shape index (κ2) is 18.4. The summed E-state index contributed by atoms with van der Waals surface area (Å²) in [5, 5.41) is 30.3. The SMILES string of the molecule is NCCCNCCO.OCCNCCCNc1cc(-c2ccnc(Nc3cccc(Cl)c3)n2)ccn1. The van der Waals surface area contributed by atoms with E-state index < -0.39 is 0 Å². The number of anilines is 3. The topological polar surface area (TPSA) is 153 Å². The molecule has 36 heavy (non-hydrogen) atoms. The second-order valence-corrected chi connectivity index (χ2v) is 8.14. The molecule has 2 aromatic heterocycles. The van der Waals surface area contributed by atoms with Crippen LogP contribution in [0.3, 0.4) is 0 Å². The Hall–Kier alpha value is -2.86. The van der Waals surface area contributed by atoms with Gasteiger partial charge in [0, 0.05) is 48.3 Å². The van der Waals surface area contributed by atoms with Gasteiger partial charge < -0.3 is 37.2 Å². The lowest BCUT2D eigenvalue weighted by Gasteiger charge is -2.09. The minimum absolute atomic E-state index is 0.157. The zero-order valence-corrected chi connectivity index (χ0v) is 21.2. The summed E-state index contributed by atoms with van der Waals surface area (Å²) < 4.78 is 0. The van der Waals surface area contributed by atoms with Crippen molar-refractivity contribution in [2.24, 2.45) is 5.73 Å². The maximum atomic E-state index is 8.74. The summed E-state index contributed by atoms with van der Waals surface area (Å²) >= 11 is 6.02. The second-order valence-electron chi connectivity index (χ2n) is 7.70. The molecule has 1 aromatic carbocycles. The number of hydrogen-bond donors (Lipinski definition) is 7. The number of nitrogens with two attached hydrogens (primary N) is 1. The Morgan fingerprint density at radius 1 is 0.833 bits per heavy atom. The summed E-state index contributed by atoms with van der Waals surface area (Å²) in [5.41, 5.74) is 7.79. The molecule has 196 valence electrons. The molecule has 0 aliphatic carbocycles. The molecular weight excluding hydrogens is 480 g/mol. The highest BCUT2D eigenvalue weighted by atomic mass is 35.5. The maximum Gasteiger partial charge on any atom is 0.227 e. The Balaban J connectivity index is 0.000000493. The summed E-state index contributed by atoms with van der Waals surface area (Å²) in [5.74, 6) is 1.30. The van der Waals surface area contributed by atoms with Crippen LogP contribution in [-0.2, 0) is 0 Å². The molecule has 0 amide bonds. The first kappa shape index (κ1) is 29.4. The normalized spacial score (nSPS) is 10.4. The highest BCUT2D eigenvalue weighted by Gasteiger charge is 2.05. The molecule has 0 radical (unpaired) electrons. The molecule has 3 rings (SSSR count). The van der Waals surface area contributed by atoms with Gasteiger partial charge in [-0.05, 0) is 68.9 Å². The summed E-state index contributed by atoms with van der Waals surface area (Å²) in [4.78, 5) is 13.2. The van der Waals surface area contributed by atoms with Crippen molar-refractivity contribution < 1.29 is 10.2 Å². The van der Waals surface area contributed by atoms with E-state index in [0.29, 0.717) is 24.1 Å². The average molecular weight is 517 g/mol. The van der Waals surface area contributed by atoms with Crippen molar-refractivity contribution in [1.29, 1.82) is 0 Å². The number of aromatic nitrogens is 3. The number of nitrogens with one attached hydrogen (secondary N) is 4. The van der Waals surface area contributed by atoms with Crippen LogP contribution in [0, 0.1) is 0 Å². The van der Waals surface area contributed by atoms with Crippen LogP contribution in [0.25, 0.3) is 11.3 Å². The van der Waals surface area contributed by atoms with Crippen molar-refractivity contribution in [1.82, 2.24) is 25.6 Å². The van der Waals surface area contributed by atoms with Crippen LogP contribution in [0.15, 0.2) is 54.9 Å². The Morgan fingerprint density at radius 3 is 2.31 bits per heavy atom. The van der Waals surface area contributed by atoms with Gasteiger partial charge in [0.2, 0.25) is 5.95 Å². The van der Waals surface area contributed by atoms with Crippen LogP contribution < -0.4 is 27.0 Å². The molecule has 0 fully saturated rings. The lowest BCUT2D eigenvalue weighted by atomic mass is 10.2. The molecule has 0 aliphatic rings. The van der Waals surface area contributed by atoms with E-state index in [1.807, 2.05) is 42.5 Å². The predicted octanol–water partition coefficient (Wildman–Crippen LogP) is 2.24. The fourth-order valence-electron chi connectivity index (χ4n) is 3.03. The third-order valence-corrected chi connectivity index (χ3v) is 5.00. The largest absolute Gasteiger partial charge is 0.395 e. The first-order chi connectivity index (χ1) is 17.7. The molecular formula is C25H37ClN8O2.